The van der Waals surface area contributed by atoms with Gasteiger partial charge in [-0.3, -0.25) is 0 Å². The lowest BCUT2D eigenvalue weighted by Crippen LogP contribution is -2.43. The average Bonchev–Trinajstić information content (AvgIpc) is 2.80. The third-order valence-corrected chi connectivity index (χ3v) is 11.8. The van der Waals surface area contributed by atoms with Gasteiger partial charge in [0.05, 0.1) is 5.52 Å². The molecule has 0 saturated heterocycles. The van der Waals surface area contributed by atoms with Gasteiger partial charge in [-0.15, -0.1) is 0 Å². The molecule has 3 aromatic rings. The van der Waals surface area contributed by atoms with Gasteiger partial charge in [0, 0.05) is 35.6 Å². The molecule has 0 bridgehead atoms. The fraction of sp³-hybridized carbons (Fsp3) is 0.500. The van der Waals surface area contributed by atoms with Gasteiger partial charge in [-0.05, 0) is 68.1 Å². The zero-order valence-electron chi connectivity index (χ0n) is 22.1. The Hall–Kier alpha value is -1.99. The number of nitrogens with one attached hydrogen (secondary N) is 2. The molecule has 0 aliphatic heterocycles. The summed E-state index contributed by atoms with van der Waals surface area (Å²) in [7, 11) is -1.73. The van der Waals surface area contributed by atoms with Crippen LogP contribution >= 0.6 is 11.6 Å². The molecule has 0 amide bonds. The highest BCUT2D eigenvalue weighted by Gasteiger charge is 2.36. The van der Waals surface area contributed by atoms with E-state index in [1.54, 1.807) is 6.33 Å². The van der Waals surface area contributed by atoms with Crippen molar-refractivity contribution in [3.63, 3.8) is 0 Å². The van der Waals surface area contributed by atoms with Crippen LogP contribution in [0.3, 0.4) is 0 Å². The first-order valence-electron chi connectivity index (χ1n) is 12.6. The summed E-state index contributed by atoms with van der Waals surface area (Å²) in [4.78, 5) is 8.83. The minimum atomic E-state index is -1.73. The Bertz CT molecular complexity index is 1070. The van der Waals surface area contributed by atoms with E-state index in [-0.39, 0.29) is 11.1 Å². The van der Waals surface area contributed by atoms with Gasteiger partial charge in [0.25, 0.3) is 0 Å². The second kappa shape index (κ2) is 12.3. The van der Waals surface area contributed by atoms with Gasteiger partial charge in [0.2, 0.25) is 0 Å². The van der Waals surface area contributed by atoms with Crippen molar-refractivity contribution in [3.8, 4) is 0 Å². The van der Waals surface area contributed by atoms with Gasteiger partial charge in [-0.25, -0.2) is 9.97 Å². The highest BCUT2D eigenvalue weighted by Crippen LogP contribution is 2.36. The molecule has 190 valence electrons. The fourth-order valence-corrected chi connectivity index (χ4v) is 5.07. The highest BCUT2D eigenvalue weighted by molar-refractivity contribution is 6.74. The Labute approximate surface area is 217 Å². The maximum Gasteiger partial charge on any atom is 0.192 e. The molecule has 35 heavy (non-hydrogen) atoms. The average molecular weight is 513 g/mol. The van der Waals surface area contributed by atoms with E-state index in [1.165, 1.54) is 5.56 Å². The monoisotopic (exact) mass is 512 g/mol. The molecule has 2 unspecified atom stereocenters. The molecule has 3 rings (SSSR count). The lowest BCUT2D eigenvalue weighted by atomic mass is 9.99. The third kappa shape index (κ3) is 8.28. The second-order valence-corrected chi connectivity index (χ2v) is 16.2. The lowest BCUT2D eigenvalue weighted by Gasteiger charge is -2.36. The summed E-state index contributed by atoms with van der Waals surface area (Å²) in [5, 5.41) is 9.27. The van der Waals surface area contributed by atoms with E-state index in [0.717, 1.165) is 49.1 Å². The summed E-state index contributed by atoms with van der Waals surface area (Å²) >= 11 is 6.13. The first kappa shape index (κ1) is 27.6. The van der Waals surface area contributed by atoms with Gasteiger partial charge in [0.1, 0.15) is 12.1 Å². The Morgan fingerprint density at radius 1 is 1.03 bits per heavy atom. The maximum absolute atomic E-state index is 6.39. The van der Waals surface area contributed by atoms with Crippen LogP contribution in [0.25, 0.3) is 10.9 Å². The Balaban J connectivity index is 1.58. The third-order valence-electron chi connectivity index (χ3n) is 7.06. The standard InChI is InChI=1S/C28H41ClN4OSi/c1-21(33-27-25-15-13-23(29)19-26(25)31-20-32-27)12-14-24(18-22-10-8-7-9-11-22)30-16-17-34-35(5,6)28(2,3)4/h7-11,13,15,19-21,24,30H,12,14,16-18H2,1-6H3,(H,31,32,33). The van der Waals surface area contributed by atoms with Crippen molar-refractivity contribution >= 4 is 36.6 Å². The minimum absolute atomic E-state index is 0.230. The molecule has 0 fully saturated rings. The van der Waals surface area contributed by atoms with Crippen LogP contribution in [0.2, 0.25) is 23.2 Å². The van der Waals surface area contributed by atoms with Crippen LogP contribution in [0, 0.1) is 0 Å². The molecule has 1 heterocycles. The molecule has 5 nitrogen and oxygen atoms in total. The van der Waals surface area contributed by atoms with Gasteiger partial charge < -0.3 is 15.1 Å². The number of hydrogen-bond donors (Lipinski definition) is 2. The molecule has 0 saturated carbocycles. The van der Waals surface area contributed by atoms with Crippen LogP contribution in [0.5, 0.6) is 0 Å². The minimum Gasteiger partial charge on any atom is -0.416 e. The molecule has 0 aliphatic carbocycles. The predicted octanol–water partition coefficient (Wildman–Crippen LogP) is 7.09. The number of fused-ring (bicyclic) bond motifs is 1. The van der Waals surface area contributed by atoms with E-state index < -0.39 is 8.32 Å². The van der Waals surface area contributed by atoms with E-state index in [2.05, 4.69) is 91.7 Å². The Morgan fingerprint density at radius 3 is 2.49 bits per heavy atom. The van der Waals surface area contributed by atoms with Crippen molar-refractivity contribution in [3.05, 3.63) is 65.4 Å². The predicted molar refractivity (Wildman–Crippen MR) is 152 cm³/mol. The maximum atomic E-state index is 6.39. The quantitative estimate of drug-likeness (QED) is 0.200. The molecule has 2 N–H and O–H groups in total. The summed E-state index contributed by atoms with van der Waals surface area (Å²) in [5.74, 6) is 0.856. The van der Waals surface area contributed by atoms with Crippen LogP contribution in [-0.2, 0) is 10.8 Å². The Kier molecular flexibility index (Phi) is 9.70. The van der Waals surface area contributed by atoms with Crippen molar-refractivity contribution in [1.82, 2.24) is 15.3 Å². The van der Waals surface area contributed by atoms with Crippen molar-refractivity contribution in [2.24, 2.45) is 0 Å². The number of hydrogen-bond acceptors (Lipinski definition) is 5. The molecule has 7 heteroatoms. The van der Waals surface area contributed by atoms with Gasteiger partial charge in [-0.1, -0.05) is 62.7 Å². The van der Waals surface area contributed by atoms with Gasteiger partial charge >= 0.3 is 0 Å². The summed E-state index contributed by atoms with van der Waals surface area (Å²) in [6, 6.07) is 17.1. The van der Waals surface area contributed by atoms with E-state index in [9.17, 15) is 0 Å². The number of halogens is 1. The first-order chi connectivity index (χ1) is 16.5. The van der Waals surface area contributed by atoms with E-state index in [1.807, 2.05) is 18.2 Å². The zero-order chi connectivity index (χ0) is 25.5. The van der Waals surface area contributed by atoms with Gasteiger partial charge in [-0.2, -0.15) is 0 Å². The smallest absolute Gasteiger partial charge is 0.192 e. The lowest BCUT2D eigenvalue weighted by molar-refractivity contribution is 0.276. The van der Waals surface area contributed by atoms with Crippen molar-refractivity contribution in [1.29, 1.82) is 0 Å². The largest absolute Gasteiger partial charge is 0.416 e. The summed E-state index contributed by atoms with van der Waals surface area (Å²) in [6.45, 7) is 15.3. The number of benzene rings is 2. The first-order valence-corrected chi connectivity index (χ1v) is 15.9. The molecule has 2 aromatic carbocycles. The Morgan fingerprint density at radius 2 is 1.77 bits per heavy atom. The van der Waals surface area contributed by atoms with Crippen molar-refractivity contribution in [2.45, 2.75) is 77.2 Å². The molecule has 0 aliphatic rings. The van der Waals surface area contributed by atoms with E-state index in [0.29, 0.717) is 11.1 Å². The zero-order valence-corrected chi connectivity index (χ0v) is 23.8. The summed E-state index contributed by atoms with van der Waals surface area (Å²) < 4.78 is 6.39. The molecular formula is C28H41ClN4OSi. The number of rotatable bonds is 12. The van der Waals surface area contributed by atoms with E-state index >= 15 is 0 Å². The molecule has 0 spiro atoms. The number of anilines is 1. The number of nitrogens with zero attached hydrogens (tertiary/aromatic N) is 2. The SMILES string of the molecule is CC(CCC(Cc1ccccc1)NCCO[Si](C)(C)C(C)(C)C)Nc1ncnc2cc(Cl)ccc12. The molecule has 0 radical (unpaired) electrons. The number of aromatic nitrogens is 2. The van der Waals surface area contributed by atoms with Crippen LogP contribution < -0.4 is 10.6 Å². The van der Waals surface area contributed by atoms with Crippen LogP contribution in [-0.4, -0.2) is 43.5 Å². The molecule has 2 atom stereocenters. The fourth-order valence-electron chi connectivity index (χ4n) is 3.86. The molecule has 1 aromatic heterocycles. The highest BCUT2D eigenvalue weighted by atomic mass is 35.5. The van der Waals surface area contributed by atoms with Crippen LogP contribution in [0.4, 0.5) is 5.82 Å². The van der Waals surface area contributed by atoms with Crippen LogP contribution in [0.15, 0.2) is 54.9 Å². The topological polar surface area (TPSA) is 59.1 Å². The van der Waals surface area contributed by atoms with Crippen molar-refractivity contribution < 1.29 is 4.43 Å². The van der Waals surface area contributed by atoms with E-state index in [4.69, 9.17) is 16.0 Å². The van der Waals surface area contributed by atoms with Crippen LogP contribution in [0.1, 0.15) is 46.1 Å². The molecular weight excluding hydrogens is 472 g/mol. The summed E-state index contributed by atoms with van der Waals surface area (Å²) in [5.41, 5.74) is 2.21. The summed E-state index contributed by atoms with van der Waals surface area (Å²) in [6.07, 6.45) is 4.67. The van der Waals surface area contributed by atoms with Crippen molar-refractivity contribution in [2.75, 3.05) is 18.5 Å². The van der Waals surface area contributed by atoms with Gasteiger partial charge in [0.15, 0.2) is 8.32 Å². The normalized spacial score (nSPS) is 14.1. The second-order valence-electron chi connectivity index (χ2n) is 11.0.